The lowest BCUT2D eigenvalue weighted by molar-refractivity contribution is -0.391. The molecule has 2 N–H and O–H groups in total. The first-order valence-electron chi connectivity index (χ1n) is 6.80. The van der Waals surface area contributed by atoms with Gasteiger partial charge >= 0.3 is 5.82 Å². The van der Waals surface area contributed by atoms with E-state index in [-0.39, 0.29) is 23.8 Å². The summed E-state index contributed by atoms with van der Waals surface area (Å²) in [6, 6.07) is 2.77. The van der Waals surface area contributed by atoms with Crippen LogP contribution in [0.4, 0.5) is 5.82 Å². The molecule has 0 bridgehead atoms. The normalized spacial score (nSPS) is 20.8. The maximum atomic E-state index is 12.6. The molecule has 0 aliphatic carbocycles. The molecule has 20 heavy (non-hydrogen) atoms. The first kappa shape index (κ1) is 14.5. The third-order valence-corrected chi connectivity index (χ3v) is 3.92. The van der Waals surface area contributed by atoms with Crippen LogP contribution in [0, 0.1) is 10.1 Å². The molecule has 1 aliphatic heterocycles. The van der Waals surface area contributed by atoms with E-state index in [4.69, 9.17) is 5.73 Å². The number of hydrogen-bond donors (Lipinski definition) is 1. The highest BCUT2D eigenvalue weighted by atomic mass is 16.6. The minimum Gasteiger partial charge on any atom is -0.358 e. The summed E-state index contributed by atoms with van der Waals surface area (Å²) in [6.45, 7) is 2.55. The average molecular weight is 280 g/mol. The highest BCUT2D eigenvalue weighted by Crippen LogP contribution is 2.23. The largest absolute Gasteiger partial charge is 0.358 e. The Morgan fingerprint density at radius 1 is 1.50 bits per heavy atom. The van der Waals surface area contributed by atoms with Crippen LogP contribution in [0.2, 0.25) is 0 Å². The maximum absolute atomic E-state index is 12.6. The second-order valence-corrected chi connectivity index (χ2v) is 5.31. The van der Waals surface area contributed by atoms with Crippen molar-refractivity contribution in [2.45, 2.75) is 38.3 Å². The number of piperidine rings is 1. The molecule has 1 fully saturated rings. The van der Waals surface area contributed by atoms with Gasteiger partial charge in [0.1, 0.15) is 0 Å². The monoisotopic (exact) mass is 280 g/mol. The second-order valence-electron chi connectivity index (χ2n) is 5.31. The van der Waals surface area contributed by atoms with Crippen LogP contribution in [0.15, 0.2) is 12.1 Å². The summed E-state index contributed by atoms with van der Waals surface area (Å²) in [7, 11) is 1.54. The molecule has 2 heterocycles. The molecule has 2 atom stereocenters. The number of likely N-dealkylation sites (tertiary alicyclic amines) is 1. The van der Waals surface area contributed by atoms with E-state index in [0.29, 0.717) is 12.2 Å². The molecule has 1 amide bonds. The van der Waals surface area contributed by atoms with Crippen LogP contribution in [-0.2, 0) is 7.05 Å². The number of nitro groups is 1. The van der Waals surface area contributed by atoms with Gasteiger partial charge in [-0.15, -0.1) is 0 Å². The fraction of sp³-hybridized carbons (Fsp3) is 0.615. The lowest BCUT2D eigenvalue weighted by Gasteiger charge is -2.37. The van der Waals surface area contributed by atoms with E-state index in [0.717, 1.165) is 19.3 Å². The van der Waals surface area contributed by atoms with Gasteiger partial charge in [0.15, 0.2) is 5.69 Å². The molecule has 0 aromatic carbocycles. The Morgan fingerprint density at radius 2 is 2.20 bits per heavy atom. The van der Waals surface area contributed by atoms with Crippen LogP contribution in [-0.4, -0.2) is 38.9 Å². The molecule has 1 aliphatic rings. The van der Waals surface area contributed by atoms with Gasteiger partial charge in [-0.3, -0.25) is 4.79 Å². The molecular weight excluding hydrogens is 260 g/mol. The van der Waals surface area contributed by atoms with Crippen molar-refractivity contribution in [1.29, 1.82) is 0 Å². The van der Waals surface area contributed by atoms with E-state index in [1.807, 2.05) is 6.92 Å². The molecule has 0 radical (unpaired) electrons. The van der Waals surface area contributed by atoms with Crippen LogP contribution < -0.4 is 5.73 Å². The van der Waals surface area contributed by atoms with Crippen molar-refractivity contribution in [3.8, 4) is 0 Å². The van der Waals surface area contributed by atoms with Crippen LogP contribution in [0.3, 0.4) is 0 Å². The standard InChI is InChI=1S/C13H20N4O3/c1-9(14)10-5-3-4-8-16(10)13(18)11-6-7-12(15(11)2)17(19)20/h6-7,9-10H,3-5,8,14H2,1-2H3. The number of nitrogens with zero attached hydrogens (tertiary/aromatic N) is 3. The fourth-order valence-corrected chi connectivity index (χ4v) is 2.80. The first-order valence-corrected chi connectivity index (χ1v) is 6.80. The van der Waals surface area contributed by atoms with Gasteiger partial charge in [0.05, 0.1) is 7.05 Å². The van der Waals surface area contributed by atoms with E-state index in [2.05, 4.69) is 0 Å². The molecule has 0 spiro atoms. The lowest BCUT2D eigenvalue weighted by Crippen LogP contribution is -2.52. The molecule has 2 unspecified atom stereocenters. The number of aromatic nitrogens is 1. The highest BCUT2D eigenvalue weighted by Gasteiger charge is 2.33. The fourth-order valence-electron chi connectivity index (χ4n) is 2.80. The zero-order valence-electron chi connectivity index (χ0n) is 11.8. The van der Waals surface area contributed by atoms with Gasteiger partial charge in [0.25, 0.3) is 5.91 Å². The van der Waals surface area contributed by atoms with Crippen LogP contribution in [0.25, 0.3) is 0 Å². The Morgan fingerprint density at radius 3 is 2.75 bits per heavy atom. The van der Waals surface area contributed by atoms with Crippen LogP contribution in [0.5, 0.6) is 0 Å². The molecule has 1 aromatic heterocycles. The molecular formula is C13H20N4O3. The quantitative estimate of drug-likeness (QED) is 0.666. The lowest BCUT2D eigenvalue weighted by atomic mass is 9.96. The molecule has 0 saturated carbocycles. The van der Waals surface area contributed by atoms with Crippen molar-refractivity contribution in [1.82, 2.24) is 9.47 Å². The molecule has 110 valence electrons. The smallest absolute Gasteiger partial charge is 0.323 e. The van der Waals surface area contributed by atoms with E-state index < -0.39 is 4.92 Å². The Labute approximate surface area is 117 Å². The van der Waals surface area contributed by atoms with Crippen molar-refractivity contribution < 1.29 is 9.72 Å². The minimum atomic E-state index is -0.490. The van der Waals surface area contributed by atoms with E-state index >= 15 is 0 Å². The van der Waals surface area contributed by atoms with Gasteiger partial charge in [-0.25, -0.2) is 4.57 Å². The van der Waals surface area contributed by atoms with Crippen molar-refractivity contribution in [2.75, 3.05) is 6.54 Å². The van der Waals surface area contributed by atoms with Crippen molar-refractivity contribution in [3.63, 3.8) is 0 Å². The summed E-state index contributed by atoms with van der Waals surface area (Å²) in [5.74, 6) is -0.259. The predicted octanol–water partition coefficient (Wildman–Crippen LogP) is 1.28. The predicted molar refractivity (Wildman–Crippen MR) is 74.4 cm³/mol. The number of amides is 1. The summed E-state index contributed by atoms with van der Waals surface area (Å²) >= 11 is 0. The van der Waals surface area contributed by atoms with E-state index in [9.17, 15) is 14.9 Å². The molecule has 2 rings (SSSR count). The Balaban J connectivity index is 2.28. The number of carbonyl (C=O) groups excluding carboxylic acids is 1. The minimum absolute atomic E-state index is 0.00482. The van der Waals surface area contributed by atoms with Gasteiger partial charge in [-0.2, -0.15) is 0 Å². The summed E-state index contributed by atoms with van der Waals surface area (Å²) < 4.78 is 1.33. The topological polar surface area (TPSA) is 94.4 Å². The number of rotatable bonds is 3. The van der Waals surface area contributed by atoms with Crippen LogP contribution >= 0.6 is 0 Å². The number of hydrogen-bond acceptors (Lipinski definition) is 4. The average Bonchev–Trinajstić information content (AvgIpc) is 2.79. The summed E-state index contributed by atoms with van der Waals surface area (Å²) in [5.41, 5.74) is 6.29. The number of nitrogens with two attached hydrogens (primary N) is 1. The van der Waals surface area contributed by atoms with Gasteiger partial charge in [0, 0.05) is 24.7 Å². The third-order valence-electron chi connectivity index (χ3n) is 3.92. The van der Waals surface area contributed by atoms with E-state index in [1.165, 1.54) is 23.7 Å². The molecule has 1 aromatic rings. The van der Waals surface area contributed by atoms with Crippen molar-refractivity contribution in [3.05, 3.63) is 27.9 Å². The Hall–Kier alpha value is -1.89. The van der Waals surface area contributed by atoms with Gasteiger partial charge in [-0.1, -0.05) is 0 Å². The van der Waals surface area contributed by atoms with Gasteiger partial charge in [-0.05, 0) is 37.2 Å². The zero-order valence-corrected chi connectivity index (χ0v) is 11.8. The second kappa shape index (κ2) is 5.62. The van der Waals surface area contributed by atoms with Crippen LogP contribution in [0.1, 0.15) is 36.7 Å². The molecule has 7 nitrogen and oxygen atoms in total. The maximum Gasteiger partial charge on any atom is 0.323 e. The highest BCUT2D eigenvalue weighted by molar-refractivity contribution is 5.93. The summed E-state index contributed by atoms with van der Waals surface area (Å²) in [6.07, 6.45) is 2.89. The van der Waals surface area contributed by atoms with Crippen molar-refractivity contribution in [2.24, 2.45) is 12.8 Å². The zero-order chi connectivity index (χ0) is 14.9. The Kier molecular flexibility index (Phi) is 4.08. The molecule has 7 heteroatoms. The van der Waals surface area contributed by atoms with Crippen molar-refractivity contribution >= 4 is 11.7 Å². The summed E-state index contributed by atoms with van der Waals surface area (Å²) in [5, 5.41) is 10.8. The Bertz CT molecular complexity index is 524. The van der Waals surface area contributed by atoms with Gasteiger partial charge in [0.2, 0.25) is 0 Å². The third kappa shape index (κ3) is 2.53. The van der Waals surface area contributed by atoms with Gasteiger partial charge < -0.3 is 20.7 Å². The van der Waals surface area contributed by atoms with E-state index in [1.54, 1.807) is 4.90 Å². The molecule has 1 saturated heterocycles. The SMILES string of the molecule is CC(N)C1CCCCN1C(=O)c1ccc([N+](=O)[O-])n1C. The first-order chi connectivity index (χ1) is 9.43. The summed E-state index contributed by atoms with van der Waals surface area (Å²) in [4.78, 5) is 24.7. The number of carbonyl (C=O) groups is 1.